The molecule has 2 unspecified atom stereocenters. The number of nitrogens with zero attached hydrogens (tertiary/aromatic N) is 1. The van der Waals surface area contributed by atoms with Gasteiger partial charge in [-0.1, -0.05) is 19.8 Å². The third-order valence-corrected chi connectivity index (χ3v) is 4.70. The molecule has 2 atom stereocenters. The summed E-state index contributed by atoms with van der Waals surface area (Å²) in [6.07, 6.45) is 7.57. The van der Waals surface area contributed by atoms with Crippen molar-refractivity contribution in [3.8, 4) is 0 Å². The third kappa shape index (κ3) is 3.94. The monoisotopic (exact) mass is 254 g/mol. The topological polar surface area (TPSA) is 35.5 Å². The van der Waals surface area contributed by atoms with Crippen molar-refractivity contribution in [2.45, 2.75) is 57.6 Å². The number of aliphatic hydroxyl groups excluding tert-OH is 1. The van der Waals surface area contributed by atoms with Gasteiger partial charge in [0.1, 0.15) is 0 Å². The summed E-state index contributed by atoms with van der Waals surface area (Å²) in [5.41, 5.74) is 0. The molecule has 2 fully saturated rings. The van der Waals surface area contributed by atoms with E-state index in [1.54, 1.807) is 0 Å². The average Bonchev–Trinajstić information content (AvgIpc) is 2.30. The molecule has 0 bridgehead atoms. The van der Waals surface area contributed by atoms with Gasteiger partial charge in [0.25, 0.3) is 0 Å². The fourth-order valence-corrected chi connectivity index (χ4v) is 3.72. The van der Waals surface area contributed by atoms with Crippen LogP contribution in [0.25, 0.3) is 0 Å². The molecule has 2 rings (SSSR count). The predicted molar refractivity (Wildman–Crippen MR) is 75.7 cm³/mol. The first-order valence-corrected chi connectivity index (χ1v) is 7.79. The SMILES string of the molecule is CCNC1CCCCC1CN(C)CC1CC(O)C1. The van der Waals surface area contributed by atoms with E-state index in [9.17, 15) is 5.11 Å². The van der Waals surface area contributed by atoms with Crippen molar-refractivity contribution in [1.82, 2.24) is 10.2 Å². The number of hydrogen-bond donors (Lipinski definition) is 2. The molecule has 2 saturated carbocycles. The van der Waals surface area contributed by atoms with Crippen LogP contribution in [0.2, 0.25) is 0 Å². The van der Waals surface area contributed by atoms with Gasteiger partial charge >= 0.3 is 0 Å². The van der Waals surface area contributed by atoms with E-state index >= 15 is 0 Å². The zero-order valence-electron chi connectivity index (χ0n) is 12.1. The molecule has 0 aromatic rings. The van der Waals surface area contributed by atoms with E-state index in [1.165, 1.54) is 38.8 Å². The van der Waals surface area contributed by atoms with Crippen LogP contribution in [-0.4, -0.2) is 48.8 Å². The summed E-state index contributed by atoms with van der Waals surface area (Å²) in [5, 5.41) is 13.0. The maximum Gasteiger partial charge on any atom is 0.0546 e. The first-order valence-electron chi connectivity index (χ1n) is 7.79. The van der Waals surface area contributed by atoms with Crippen molar-refractivity contribution < 1.29 is 5.11 Å². The average molecular weight is 254 g/mol. The minimum atomic E-state index is -0.00686. The van der Waals surface area contributed by atoms with Crippen LogP contribution in [0, 0.1) is 11.8 Å². The van der Waals surface area contributed by atoms with E-state index in [-0.39, 0.29) is 6.10 Å². The fraction of sp³-hybridized carbons (Fsp3) is 1.00. The van der Waals surface area contributed by atoms with Crippen molar-refractivity contribution in [1.29, 1.82) is 0 Å². The van der Waals surface area contributed by atoms with Gasteiger partial charge in [-0.05, 0) is 51.1 Å². The molecule has 3 heteroatoms. The second-order valence-electron chi connectivity index (χ2n) is 6.42. The highest BCUT2D eigenvalue weighted by Gasteiger charge is 2.30. The van der Waals surface area contributed by atoms with Crippen molar-refractivity contribution in [3.05, 3.63) is 0 Å². The zero-order valence-corrected chi connectivity index (χ0v) is 12.1. The number of rotatable bonds is 6. The Bertz CT molecular complexity index is 239. The molecule has 0 spiro atoms. The summed E-state index contributed by atoms with van der Waals surface area (Å²) in [7, 11) is 2.25. The van der Waals surface area contributed by atoms with Crippen LogP contribution >= 0.6 is 0 Å². The largest absolute Gasteiger partial charge is 0.393 e. The molecule has 0 amide bonds. The highest BCUT2D eigenvalue weighted by Crippen LogP contribution is 2.29. The Kier molecular flexibility index (Phi) is 5.46. The first-order chi connectivity index (χ1) is 8.69. The minimum Gasteiger partial charge on any atom is -0.393 e. The fourth-order valence-electron chi connectivity index (χ4n) is 3.72. The summed E-state index contributed by atoms with van der Waals surface area (Å²) in [4.78, 5) is 2.50. The molecule has 0 aromatic heterocycles. The highest BCUT2D eigenvalue weighted by molar-refractivity contribution is 4.85. The van der Waals surface area contributed by atoms with Gasteiger partial charge in [0.2, 0.25) is 0 Å². The van der Waals surface area contributed by atoms with E-state index < -0.39 is 0 Å². The molecule has 18 heavy (non-hydrogen) atoms. The van der Waals surface area contributed by atoms with Crippen LogP contribution in [0.5, 0.6) is 0 Å². The lowest BCUT2D eigenvalue weighted by molar-refractivity contribution is 0.0245. The van der Waals surface area contributed by atoms with E-state index in [1.807, 2.05) is 0 Å². The Morgan fingerprint density at radius 1 is 1.17 bits per heavy atom. The molecule has 0 aliphatic heterocycles. The summed E-state index contributed by atoms with van der Waals surface area (Å²) in [6.45, 7) is 5.71. The first kappa shape index (κ1) is 14.3. The molecule has 3 nitrogen and oxygen atoms in total. The molecule has 2 aliphatic carbocycles. The van der Waals surface area contributed by atoms with Crippen molar-refractivity contribution in [3.63, 3.8) is 0 Å². The van der Waals surface area contributed by atoms with E-state index in [0.717, 1.165) is 37.3 Å². The van der Waals surface area contributed by atoms with Gasteiger partial charge < -0.3 is 15.3 Å². The number of aliphatic hydroxyl groups is 1. The van der Waals surface area contributed by atoms with Crippen LogP contribution in [0.4, 0.5) is 0 Å². The van der Waals surface area contributed by atoms with E-state index in [4.69, 9.17) is 0 Å². The standard InChI is InChI=1S/C15H30N2O/c1-3-16-15-7-5-4-6-13(15)11-17(2)10-12-8-14(18)9-12/h12-16,18H,3-11H2,1-2H3. The lowest BCUT2D eigenvalue weighted by Crippen LogP contribution is -2.45. The Balaban J connectivity index is 1.72. The molecular weight excluding hydrogens is 224 g/mol. The van der Waals surface area contributed by atoms with Gasteiger partial charge in [-0.3, -0.25) is 0 Å². The number of hydrogen-bond acceptors (Lipinski definition) is 3. The maximum absolute atomic E-state index is 9.34. The summed E-state index contributed by atoms with van der Waals surface area (Å²) >= 11 is 0. The number of nitrogens with one attached hydrogen (secondary N) is 1. The second kappa shape index (κ2) is 6.88. The predicted octanol–water partition coefficient (Wildman–Crippen LogP) is 1.86. The van der Waals surface area contributed by atoms with Crippen molar-refractivity contribution >= 4 is 0 Å². The zero-order chi connectivity index (χ0) is 13.0. The molecule has 2 aliphatic rings. The van der Waals surface area contributed by atoms with Gasteiger partial charge in [0.15, 0.2) is 0 Å². The normalized spacial score (nSPS) is 36.7. The van der Waals surface area contributed by atoms with E-state index in [2.05, 4.69) is 24.2 Å². The van der Waals surface area contributed by atoms with Gasteiger partial charge in [-0.15, -0.1) is 0 Å². The summed E-state index contributed by atoms with van der Waals surface area (Å²) in [6, 6.07) is 0.734. The molecule has 0 radical (unpaired) electrons. The minimum absolute atomic E-state index is 0.00686. The molecule has 0 aromatic carbocycles. The summed E-state index contributed by atoms with van der Waals surface area (Å²) < 4.78 is 0. The second-order valence-corrected chi connectivity index (χ2v) is 6.42. The van der Waals surface area contributed by atoms with Crippen molar-refractivity contribution in [2.24, 2.45) is 11.8 Å². The molecular formula is C15H30N2O. The van der Waals surface area contributed by atoms with Crippen LogP contribution < -0.4 is 5.32 Å². The van der Waals surface area contributed by atoms with Gasteiger partial charge in [0, 0.05) is 19.1 Å². The lowest BCUT2D eigenvalue weighted by Gasteiger charge is -2.38. The molecule has 0 saturated heterocycles. The Labute approximate surface area is 112 Å². The molecule has 106 valence electrons. The van der Waals surface area contributed by atoms with Gasteiger partial charge in [-0.2, -0.15) is 0 Å². The van der Waals surface area contributed by atoms with Crippen LogP contribution in [0.3, 0.4) is 0 Å². The van der Waals surface area contributed by atoms with Crippen molar-refractivity contribution in [2.75, 3.05) is 26.7 Å². The Morgan fingerprint density at radius 3 is 2.56 bits per heavy atom. The smallest absolute Gasteiger partial charge is 0.0546 e. The van der Waals surface area contributed by atoms with Crippen LogP contribution in [0.15, 0.2) is 0 Å². The van der Waals surface area contributed by atoms with Gasteiger partial charge in [-0.25, -0.2) is 0 Å². The highest BCUT2D eigenvalue weighted by atomic mass is 16.3. The molecule has 2 N–H and O–H groups in total. The summed E-state index contributed by atoms with van der Waals surface area (Å²) in [5.74, 6) is 1.57. The molecule has 0 heterocycles. The Morgan fingerprint density at radius 2 is 1.89 bits per heavy atom. The maximum atomic E-state index is 9.34. The van der Waals surface area contributed by atoms with Crippen LogP contribution in [-0.2, 0) is 0 Å². The lowest BCUT2D eigenvalue weighted by atomic mass is 9.81. The van der Waals surface area contributed by atoms with Gasteiger partial charge in [0.05, 0.1) is 6.10 Å². The quantitative estimate of drug-likeness (QED) is 0.759. The van der Waals surface area contributed by atoms with Crippen LogP contribution in [0.1, 0.15) is 45.4 Å². The third-order valence-electron chi connectivity index (χ3n) is 4.70. The Hall–Kier alpha value is -0.120. The van der Waals surface area contributed by atoms with E-state index in [0.29, 0.717) is 0 Å².